The van der Waals surface area contributed by atoms with Gasteiger partial charge in [-0.1, -0.05) is 0 Å². The molecule has 0 saturated heterocycles. The second kappa shape index (κ2) is 54.2. The van der Waals surface area contributed by atoms with E-state index in [0.29, 0.717) is 238 Å². The lowest BCUT2D eigenvalue weighted by molar-refractivity contribution is -0.0308. The van der Waals surface area contributed by atoms with Crippen molar-refractivity contribution in [1.29, 1.82) is 0 Å². The third kappa shape index (κ3) is 53.2. The van der Waals surface area contributed by atoms with Gasteiger partial charge >= 0.3 is 0 Å². The molecule has 0 fully saturated rings. The Bertz CT molecular complexity index is 625. The summed E-state index contributed by atoms with van der Waals surface area (Å²) in [4.78, 5) is 0. The fourth-order valence-electron chi connectivity index (χ4n) is 3.85. The molecule has 19 nitrogen and oxygen atoms in total. The van der Waals surface area contributed by atoms with Crippen LogP contribution < -0.4 is 5.73 Å². The van der Waals surface area contributed by atoms with Crippen LogP contribution in [-0.4, -0.2) is 245 Å². The number of hydrogen-bond donors (Lipinski definition) is 1. The average Bonchev–Trinajstić information content (AvgIpc) is 3.21. The molecular formula is C37H77NO18. The lowest BCUT2D eigenvalue weighted by Crippen LogP contribution is -2.16. The van der Waals surface area contributed by atoms with Gasteiger partial charge in [0.15, 0.2) is 0 Å². The molecule has 0 aromatic carbocycles. The van der Waals surface area contributed by atoms with Crippen LogP contribution in [0.15, 0.2) is 0 Å². The quantitative estimate of drug-likeness (QED) is 0.0798. The molecule has 0 unspecified atom stereocenters. The van der Waals surface area contributed by atoms with E-state index >= 15 is 0 Å². The number of hydrogen-bond acceptors (Lipinski definition) is 19. The van der Waals surface area contributed by atoms with Crippen LogP contribution in [0.3, 0.4) is 0 Å². The largest absolute Gasteiger partial charge is 0.382 e. The van der Waals surface area contributed by atoms with Crippen molar-refractivity contribution in [3.8, 4) is 0 Å². The molecular weight excluding hydrogens is 746 g/mol. The van der Waals surface area contributed by atoms with Gasteiger partial charge in [0.1, 0.15) is 0 Å². The Kier molecular flexibility index (Phi) is 53.5. The van der Waals surface area contributed by atoms with E-state index in [9.17, 15) is 0 Å². The lowest BCUT2D eigenvalue weighted by atomic mass is 10.6. The average molecular weight is 824 g/mol. The summed E-state index contributed by atoms with van der Waals surface area (Å²) in [5.41, 5.74) is 5.34. The van der Waals surface area contributed by atoms with Crippen LogP contribution in [0.5, 0.6) is 0 Å². The summed E-state index contributed by atoms with van der Waals surface area (Å²) in [6.45, 7) is 18.6. The van der Waals surface area contributed by atoms with Gasteiger partial charge < -0.3 is 91.0 Å². The molecule has 0 bridgehead atoms. The van der Waals surface area contributed by atoms with E-state index in [4.69, 9.17) is 91.0 Å². The van der Waals surface area contributed by atoms with Gasteiger partial charge in [-0.05, 0) is 0 Å². The first kappa shape index (κ1) is 55.2. The summed E-state index contributed by atoms with van der Waals surface area (Å²) >= 11 is 0. The molecule has 0 aliphatic heterocycles. The number of nitrogens with two attached hydrogens (primary N) is 1. The van der Waals surface area contributed by atoms with E-state index in [-0.39, 0.29) is 0 Å². The lowest BCUT2D eigenvalue weighted by Gasteiger charge is -2.09. The van der Waals surface area contributed by atoms with E-state index in [0.717, 1.165) is 0 Å². The molecule has 0 heterocycles. The van der Waals surface area contributed by atoms with Crippen molar-refractivity contribution in [3.05, 3.63) is 0 Å². The first-order valence-corrected chi connectivity index (χ1v) is 19.9. The Hall–Kier alpha value is -0.760. The zero-order chi connectivity index (χ0) is 40.2. The molecule has 0 aromatic heterocycles. The molecule has 0 saturated carbocycles. The van der Waals surface area contributed by atoms with Crippen molar-refractivity contribution < 1.29 is 85.3 Å². The topological polar surface area (TPSA) is 192 Å². The van der Waals surface area contributed by atoms with E-state index in [1.165, 1.54) is 0 Å². The van der Waals surface area contributed by atoms with E-state index in [2.05, 4.69) is 0 Å². The number of methoxy groups -OCH3 is 1. The fourth-order valence-corrected chi connectivity index (χ4v) is 3.85. The van der Waals surface area contributed by atoms with Crippen molar-refractivity contribution in [2.75, 3.05) is 245 Å². The van der Waals surface area contributed by atoms with Crippen LogP contribution in [0.2, 0.25) is 0 Å². The highest BCUT2D eigenvalue weighted by atomic mass is 16.6. The van der Waals surface area contributed by atoms with Crippen molar-refractivity contribution >= 4 is 0 Å². The van der Waals surface area contributed by atoms with Crippen LogP contribution in [-0.2, 0) is 85.3 Å². The molecule has 2 N–H and O–H groups in total. The standard InChI is InChI=1S/C37H77NO18/c1-39-4-5-41-8-9-43-12-13-45-16-17-47-20-21-49-24-25-51-28-29-53-32-33-55-36-37-56-35-34-54-31-30-52-27-26-50-23-22-48-19-18-46-15-14-44-11-10-42-7-6-40-3-2-38/h2-38H2,1H3. The van der Waals surface area contributed by atoms with Crippen molar-refractivity contribution in [2.45, 2.75) is 0 Å². The summed E-state index contributed by atoms with van der Waals surface area (Å²) < 4.78 is 97.4. The Labute approximate surface area is 335 Å². The van der Waals surface area contributed by atoms with Crippen molar-refractivity contribution in [2.24, 2.45) is 5.73 Å². The van der Waals surface area contributed by atoms with Crippen LogP contribution in [0.4, 0.5) is 0 Å². The maximum absolute atomic E-state index is 5.50. The predicted molar refractivity (Wildman–Crippen MR) is 205 cm³/mol. The Morgan fingerprint density at radius 1 is 0.179 bits per heavy atom. The normalized spacial score (nSPS) is 11.7. The summed E-state index contributed by atoms with van der Waals surface area (Å²) in [6, 6.07) is 0. The highest BCUT2D eigenvalue weighted by molar-refractivity contribution is 4.41. The Morgan fingerprint density at radius 3 is 0.393 bits per heavy atom. The van der Waals surface area contributed by atoms with Gasteiger partial charge in [-0.3, -0.25) is 0 Å². The highest BCUT2D eigenvalue weighted by Gasteiger charge is 1.98. The van der Waals surface area contributed by atoms with Crippen LogP contribution >= 0.6 is 0 Å². The van der Waals surface area contributed by atoms with Gasteiger partial charge in [0, 0.05) is 13.7 Å². The zero-order valence-electron chi connectivity index (χ0n) is 34.4. The molecule has 0 aliphatic carbocycles. The minimum absolute atomic E-state index is 0.498. The molecule has 56 heavy (non-hydrogen) atoms. The monoisotopic (exact) mass is 824 g/mol. The molecule has 0 rings (SSSR count). The Morgan fingerprint density at radius 2 is 0.286 bits per heavy atom. The van der Waals surface area contributed by atoms with Crippen LogP contribution in [0.25, 0.3) is 0 Å². The van der Waals surface area contributed by atoms with Crippen molar-refractivity contribution in [1.82, 2.24) is 0 Å². The van der Waals surface area contributed by atoms with Gasteiger partial charge in [0.2, 0.25) is 0 Å². The second-order valence-corrected chi connectivity index (χ2v) is 11.2. The smallest absolute Gasteiger partial charge is 0.0701 e. The number of ether oxygens (including phenoxy) is 18. The molecule has 0 amide bonds. The van der Waals surface area contributed by atoms with E-state index in [1.54, 1.807) is 7.11 Å². The van der Waals surface area contributed by atoms with Gasteiger partial charge in [-0.2, -0.15) is 0 Å². The molecule has 19 heteroatoms. The Balaban J connectivity index is 3.05. The van der Waals surface area contributed by atoms with Crippen LogP contribution in [0.1, 0.15) is 0 Å². The molecule has 0 aromatic rings. The SMILES string of the molecule is COCCOCCOCCOCCOCCOCCOCCOCCOCCOCCOCCOCCOCCOCCOCCOCCOCCOCCN. The zero-order valence-corrected chi connectivity index (χ0v) is 34.4. The molecule has 0 spiro atoms. The first-order valence-electron chi connectivity index (χ1n) is 19.9. The van der Waals surface area contributed by atoms with Crippen molar-refractivity contribution in [3.63, 3.8) is 0 Å². The third-order valence-corrected chi connectivity index (χ3v) is 6.65. The molecule has 0 radical (unpaired) electrons. The molecule has 338 valence electrons. The molecule has 0 atom stereocenters. The predicted octanol–water partition coefficient (Wildman–Crippen LogP) is -0.126. The first-order chi connectivity index (χ1) is 27.9. The summed E-state index contributed by atoms with van der Waals surface area (Å²) in [6.07, 6.45) is 0. The minimum Gasteiger partial charge on any atom is -0.382 e. The molecule has 0 aliphatic rings. The van der Waals surface area contributed by atoms with Crippen LogP contribution in [0, 0.1) is 0 Å². The maximum Gasteiger partial charge on any atom is 0.0701 e. The second-order valence-electron chi connectivity index (χ2n) is 11.2. The minimum atomic E-state index is 0.498. The third-order valence-electron chi connectivity index (χ3n) is 6.65. The summed E-state index contributed by atoms with van der Waals surface area (Å²) in [5.74, 6) is 0. The summed E-state index contributed by atoms with van der Waals surface area (Å²) in [5, 5.41) is 0. The maximum atomic E-state index is 5.50. The number of rotatable bonds is 53. The van der Waals surface area contributed by atoms with Gasteiger partial charge in [0.25, 0.3) is 0 Å². The summed E-state index contributed by atoms with van der Waals surface area (Å²) in [7, 11) is 1.64. The highest BCUT2D eigenvalue weighted by Crippen LogP contribution is 1.89. The fraction of sp³-hybridized carbons (Fsp3) is 1.00. The van der Waals surface area contributed by atoms with E-state index in [1.807, 2.05) is 0 Å². The van der Waals surface area contributed by atoms with Gasteiger partial charge in [0.05, 0.1) is 231 Å². The van der Waals surface area contributed by atoms with Gasteiger partial charge in [-0.15, -0.1) is 0 Å². The van der Waals surface area contributed by atoms with Gasteiger partial charge in [-0.25, -0.2) is 0 Å². The van der Waals surface area contributed by atoms with E-state index < -0.39 is 0 Å².